The minimum Gasteiger partial charge on any atom is -0.351 e. The van der Waals surface area contributed by atoms with Crippen molar-refractivity contribution in [1.82, 2.24) is 29.4 Å². The van der Waals surface area contributed by atoms with Crippen LogP contribution in [0.3, 0.4) is 0 Å². The van der Waals surface area contributed by atoms with Gasteiger partial charge in [0.25, 0.3) is 5.56 Å². The maximum Gasteiger partial charge on any atom is 0.279 e. The summed E-state index contributed by atoms with van der Waals surface area (Å²) in [4.78, 5) is 49.3. The van der Waals surface area contributed by atoms with Crippen molar-refractivity contribution >= 4 is 28.8 Å². The molecule has 10 heteroatoms. The maximum atomic E-state index is 13.8. The van der Waals surface area contributed by atoms with Crippen LogP contribution in [-0.2, 0) is 4.79 Å². The summed E-state index contributed by atoms with van der Waals surface area (Å²) >= 11 is 0. The summed E-state index contributed by atoms with van der Waals surface area (Å²) in [5, 5.41) is 3.49. The zero-order chi connectivity index (χ0) is 27.8. The van der Waals surface area contributed by atoms with E-state index in [0.717, 1.165) is 38.5 Å². The number of amides is 1. The number of hydrogen-bond donors (Lipinski definition) is 1. The summed E-state index contributed by atoms with van der Waals surface area (Å²) in [5.74, 6) is 1.33. The molecule has 0 radical (unpaired) electrons. The molecule has 1 saturated carbocycles. The minimum atomic E-state index is -0.213. The van der Waals surface area contributed by atoms with Gasteiger partial charge in [-0.2, -0.15) is 4.98 Å². The molecule has 1 N–H and O–H groups in total. The fourth-order valence-corrected chi connectivity index (χ4v) is 5.94. The Labute approximate surface area is 229 Å². The highest BCUT2D eigenvalue weighted by molar-refractivity contribution is 5.96. The molecule has 2 aliphatic rings. The average molecular weight is 533 g/mol. The molecule has 0 spiro atoms. The second-order valence-corrected chi connectivity index (χ2v) is 11.4. The Morgan fingerprint density at radius 2 is 1.79 bits per heavy atom. The fourth-order valence-electron chi connectivity index (χ4n) is 5.94. The van der Waals surface area contributed by atoms with Crippen LogP contribution >= 0.6 is 0 Å². The molecule has 4 heterocycles. The highest BCUT2D eigenvalue weighted by atomic mass is 16.2. The summed E-state index contributed by atoms with van der Waals surface area (Å²) in [7, 11) is 4.28. The normalized spacial score (nSPS) is 21.9. The van der Waals surface area contributed by atoms with E-state index in [0.29, 0.717) is 58.5 Å². The van der Waals surface area contributed by atoms with Crippen LogP contribution in [0.5, 0.6) is 0 Å². The third-order valence-electron chi connectivity index (χ3n) is 8.32. The largest absolute Gasteiger partial charge is 0.351 e. The first-order valence-corrected chi connectivity index (χ1v) is 14.2. The van der Waals surface area contributed by atoms with Gasteiger partial charge in [-0.3, -0.25) is 19.1 Å². The number of fused-ring (bicyclic) bond motifs is 1. The van der Waals surface area contributed by atoms with E-state index in [1.54, 1.807) is 15.7 Å². The molecule has 3 aromatic heterocycles. The van der Waals surface area contributed by atoms with Gasteiger partial charge in [-0.1, -0.05) is 6.92 Å². The van der Waals surface area contributed by atoms with Crippen LogP contribution in [0.2, 0.25) is 0 Å². The van der Waals surface area contributed by atoms with E-state index in [1.807, 2.05) is 39.8 Å². The Morgan fingerprint density at radius 3 is 2.41 bits per heavy atom. The molecule has 0 aromatic carbocycles. The molecule has 2 fully saturated rings. The Hall–Kier alpha value is -3.40. The summed E-state index contributed by atoms with van der Waals surface area (Å²) in [6, 6.07) is 4.47. The quantitative estimate of drug-likeness (QED) is 0.483. The van der Waals surface area contributed by atoms with Gasteiger partial charge >= 0.3 is 0 Å². The summed E-state index contributed by atoms with van der Waals surface area (Å²) in [6.45, 7) is 8.51. The maximum absolute atomic E-state index is 13.8. The second-order valence-electron chi connectivity index (χ2n) is 11.4. The monoisotopic (exact) mass is 532 g/mol. The molecular formula is C29H40N8O2. The van der Waals surface area contributed by atoms with E-state index in [9.17, 15) is 9.59 Å². The molecule has 1 aliphatic heterocycles. The summed E-state index contributed by atoms with van der Waals surface area (Å²) in [5.41, 5.74) is 2.50. The number of carbonyl (C=O) groups is 1. The van der Waals surface area contributed by atoms with Crippen molar-refractivity contribution in [3.05, 3.63) is 34.4 Å². The van der Waals surface area contributed by atoms with Gasteiger partial charge in [-0.05, 0) is 85.5 Å². The van der Waals surface area contributed by atoms with Crippen LogP contribution in [0.15, 0.2) is 23.1 Å². The van der Waals surface area contributed by atoms with E-state index in [4.69, 9.17) is 15.0 Å². The van der Waals surface area contributed by atoms with Crippen molar-refractivity contribution in [3.8, 4) is 11.3 Å². The number of pyridine rings is 1. The third kappa shape index (κ3) is 5.26. The van der Waals surface area contributed by atoms with Crippen molar-refractivity contribution in [2.75, 3.05) is 30.9 Å². The van der Waals surface area contributed by atoms with E-state index in [2.05, 4.69) is 29.3 Å². The van der Waals surface area contributed by atoms with Gasteiger partial charge < -0.3 is 10.2 Å². The molecule has 3 aromatic rings. The van der Waals surface area contributed by atoms with Gasteiger partial charge in [0.1, 0.15) is 17.0 Å². The SMILES string of the molecule is CCC1CCN(c2ccc(-c3nc4cnc(N[C@H]5CC[C@H](N(C)C)CC5)nc4n(C(C)C)c3=O)c(C)n2)C1=O. The highest BCUT2D eigenvalue weighted by Gasteiger charge is 2.32. The molecule has 39 heavy (non-hydrogen) atoms. The van der Waals surface area contributed by atoms with Crippen LogP contribution in [0.1, 0.15) is 71.0 Å². The Bertz CT molecular complexity index is 1420. The first-order chi connectivity index (χ1) is 18.7. The van der Waals surface area contributed by atoms with Gasteiger partial charge in [0.15, 0.2) is 5.65 Å². The molecule has 0 bridgehead atoms. The van der Waals surface area contributed by atoms with Gasteiger partial charge in [0.2, 0.25) is 11.9 Å². The Balaban J connectivity index is 1.46. The van der Waals surface area contributed by atoms with Crippen molar-refractivity contribution in [1.29, 1.82) is 0 Å². The average Bonchev–Trinajstić information content (AvgIpc) is 3.28. The lowest BCUT2D eigenvalue weighted by molar-refractivity contribution is -0.120. The van der Waals surface area contributed by atoms with Crippen LogP contribution in [0.25, 0.3) is 22.4 Å². The number of rotatable bonds is 7. The van der Waals surface area contributed by atoms with Crippen LogP contribution < -0.4 is 15.8 Å². The second kappa shape index (κ2) is 11.0. The van der Waals surface area contributed by atoms with Crippen molar-refractivity contribution in [2.45, 2.75) is 84.3 Å². The molecule has 1 amide bonds. The Kier molecular flexibility index (Phi) is 7.66. The van der Waals surface area contributed by atoms with E-state index < -0.39 is 0 Å². The lowest BCUT2D eigenvalue weighted by Gasteiger charge is -2.32. The summed E-state index contributed by atoms with van der Waals surface area (Å²) in [6.07, 6.45) is 7.76. The number of nitrogens with one attached hydrogen (secondary N) is 1. The van der Waals surface area contributed by atoms with Gasteiger partial charge in [-0.15, -0.1) is 0 Å². The number of aromatic nitrogens is 5. The molecule has 1 unspecified atom stereocenters. The first kappa shape index (κ1) is 27.2. The van der Waals surface area contributed by atoms with Crippen molar-refractivity contribution in [3.63, 3.8) is 0 Å². The van der Waals surface area contributed by atoms with Crippen LogP contribution in [0.4, 0.5) is 11.8 Å². The topological polar surface area (TPSA) is 109 Å². The predicted molar refractivity (Wildman–Crippen MR) is 154 cm³/mol. The van der Waals surface area contributed by atoms with E-state index in [1.165, 1.54) is 0 Å². The molecule has 1 atom stereocenters. The number of anilines is 2. The van der Waals surface area contributed by atoms with Gasteiger partial charge in [0, 0.05) is 41.8 Å². The lowest BCUT2D eigenvalue weighted by atomic mass is 9.91. The zero-order valence-electron chi connectivity index (χ0n) is 23.9. The Morgan fingerprint density at radius 1 is 1.05 bits per heavy atom. The molecule has 1 saturated heterocycles. The van der Waals surface area contributed by atoms with Crippen LogP contribution in [-0.4, -0.2) is 68.0 Å². The molecule has 10 nitrogen and oxygen atoms in total. The number of nitrogens with zero attached hydrogens (tertiary/aromatic N) is 7. The lowest BCUT2D eigenvalue weighted by Crippen LogP contribution is -2.36. The van der Waals surface area contributed by atoms with Gasteiger partial charge in [0.05, 0.1) is 6.20 Å². The molecule has 208 valence electrons. The van der Waals surface area contributed by atoms with E-state index >= 15 is 0 Å². The van der Waals surface area contributed by atoms with Crippen molar-refractivity contribution < 1.29 is 4.79 Å². The molecule has 1 aliphatic carbocycles. The van der Waals surface area contributed by atoms with E-state index in [-0.39, 0.29) is 23.4 Å². The number of aryl methyl sites for hydroxylation is 1. The summed E-state index contributed by atoms with van der Waals surface area (Å²) < 4.78 is 1.69. The number of hydrogen-bond acceptors (Lipinski definition) is 8. The first-order valence-electron chi connectivity index (χ1n) is 14.2. The zero-order valence-corrected chi connectivity index (χ0v) is 23.9. The highest BCUT2D eigenvalue weighted by Crippen LogP contribution is 2.29. The smallest absolute Gasteiger partial charge is 0.279 e. The third-order valence-corrected chi connectivity index (χ3v) is 8.32. The fraction of sp³-hybridized carbons (Fsp3) is 0.586. The van der Waals surface area contributed by atoms with Crippen molar-refractivity contribution in [2.24, 2.45) is 5.92 Å². The van der Waals surface area contributed by atoms with Gasteiger partial charge in [-0.25, -0.2) is 15.0 Å². The standard InChI is InChI=1S/C29H40N8O2/c1-7-19-14-15-36(27(19)38)24-13-12-22(18(4)31-24)25-28(39)37(17(2)3)26-23(33-25)16-30-29(34-26)32-20-8-10-21(11-9-20)35(5)6/h12-13,16-17,19-21H,7-11,14-15H2,1-6H3,(H,30,32,34)/t19?,20-,21-. The molecular weight excluding hydrogens is 492 g/mol. The predicted octanol–water partition coefficient (Wildman–Crippen LogP) is 4.19. The minimum absolute atomic E-state index is 0.0552. The molecule has 5 rings (SSSR count). The number of carbonyl (C=O) groups excluding carboxylic acids is 1. The van der Waals surface area contributed by atoms with Crippen LogP contribution in [0, 0.1) is 12.8 Å².